The maximum absolute atomic E-state index is 14.4. The Bertz CT molecular complexity index is 1460. The number of nitrogens with zero attached hydrogens (tertiary/aromatic N) is 3. The van der Waals surface area contributed by atoms with E-state index in [0.29, 0.717) is 12.0 Å². The third-order valence-electron chi connectivity index (χ3n) is 7.87. The Morgan fingerprint density at radius 2 is 1.59 bits per heavy atom. The van der Waals surface area contributed by atoms with Crippen LogP contribution in [-0.4, -0.2) is 23.1 Å². The van der Waals surface area contributed by atoms with Crippen LogP contribution in [0.3, 0.4) is 0 Å². The summed E-state index contributed by atoms with van der Waals surface area (Å²) < 4.78 is 27.8. The van der Waals surface area contributed by atoms with Gasteiger partial charge in [-0.1, -0.05) is 42.5 Å². The van der Waals surface area contributed by atoms with Gasteiger partial charge in [0.1, 0.15) is 11.6 Å². The molecular weight excluding hydrogens is 464 g/mol. The molecule has 188 valence electrons. The van der Waals surface area contributed by atoms with Crippen molar-refractivity contribution in [1.82, 2.24) is 9.97 Å². The van der Waals surface area contributed by atoms with Crippen molar-refractivity contribution in [3.63, 3.8) is 0 Å². The molecule has 0 saturated heterocycles. The van der Waals surface area contributed by atoms with Crippen molar-refractivity contribution in [3.8, 4) is 11.3 Å². The highest BCUT2D eigenvalue weighted by molar-refractivity contribution is 5.76. The van der Waals surface area contributed by atoms with Gasteiger partial charge in [0, 0.05) is 53.5 Å². The number of aromatic nitrogens is 2. The van der Waals surface area contributed by atoms with Crippen LogP contribution < -0.4 is 4.90 Å². The molecule has 0 aliphatic carbocycles. The van der Waals surface area contributed by atoms with Crippen LogP contribution in [0.4, 0.5) is 14.5 Å². The summed E-state index contributed by atoms with van der Waals surface area (Å²) in [5.41, 5.74) is 9.07. The number of benzene rings is 2. The summed E-state index contributed by atoms with van der Waals surface area (Å²) in [6, 6.07) is 20.2. The van der Waals surface area contributed by atoms with Crippen molar-refractivity contribution in [2.24, 2.45) is 0 Å². The van der Waals surface area contributed by atoms with Gasteiger partial charge in [-0.2, -0.15) is 0 Å². The van der Waals surface area contributed by atoms with Gasteiger partial charge >= 0.3 is 0 Å². The zero-order valence-electron chi connectivity index (χ0n) is 21.4. The lowest BCUT2D eigenvalue weighted by Crippen LogP contribution is -2.37. The van der Waals surface area contributed by atoms with Gasteiger partial charge in [0.05, 0.1) is 17.1 Å². The Hall–Kier alpha value is -3.60. The van der Waals surface area contributed by atoms with Crippen LogP contribution in [0.5, 0.6) is 0 Å². The standard InChI is InChI=1S/C32H31F2N3/c1-32(2,28-14-6-11-24(35-28)19-22-15-16-23(33)20-27(22)34)31-26-13-8-18-37-17-7-12-25(30(26)37)29(36-31)21-9-4-3-5-10-21/h3-6,9-11,14-16,20H,7-8,12-13,17-19H2,1-2H3. The van der Waals surface area contributed by atoms with Crippen LogP contribution in [0, 0.1) is 11.6 Å². The summed E-state index contributed by atoms with van der Waals surface area (Å²) in [6.07, 6.45) is 4.65. The maximum atomic E-state index is 14.4. The predicted octanol–water partition coefficient (Wildman–Crippen LogP) is 7.04. The van der Waals surface area contributed by atoms with Crippen LogP contribution in [0.1, 0.15) is 60.5 Å². The first-order chi connectivity index (χ1) is 17.9. The quantitative estimate of drug-likeness (QED) is 0.297. The van der Waals surface area contributed by atoms with E-state index in [0.717, 1.165) is 73.2 Å². The predicted molar refractivity (Wildman–Crippen MR) is 144 cm³/mol. The molecule has 4 heterocycles. The van der Waals surface area contributed by atoms with Gasteiger partial charge in [-0.15, -0.1) is 0 Å². The second kappa shape index (κ2) is 9.37. The first-order valence-electron chi connectivity index (χ1n) is 13.2. The summed E-state index contributed by atoms with van der Waals surface area (Å²) in [5, 5.41) is 0. The van der Waals surface area contributed by atoms with Crippen molar-refractivity contribution in [1.29, 1.82) is 0 Å². The molecule has 0 fully saturated rings. The fraction of sp³-hybridized carbons (Fsp3) is 0.312. The zero-order chi connectivity index (χ0) is 25.6. The fourth-order valence-corrected chi connectivity index (χ4v) is 6.00. The third-order valence-corrected chi connectivity index (χ3v) is 7.87. The van der Waals surface area contributed by atoms with E-state index in [-0.39, 0.29) is 0 Å². The summed E-state index contributed by atoms with van der Waals surface area (Å²) in [5.74, 6) is -1.11. The van der Waals surface area contributed by atoms with E-state index in [4.69, 9.17) is 9.97 Å². The number of anilines is 1. The Labute approximate surface area is 217 Å². The lowest BCUT2D eigenvalue weighted by Gasteiger charge is -2.40. The molecule has 0 N–H and O–H groups in total. The van der Waals surface area contributed by atoms with Crippen LogP contribution in [0.15, 0.2) is 66.7 Å². The molecule has 0 bridgehead atoms. The molecule has 3 nitrogen and oxygen atoms in total. The summed E-state index contributed by atoms with van der Waals surface area (Å²) >= 11 is 0. The lowest BCUT2D eigenvalue weighted by atomic mass is 9.78. The van der Waals surface area contributed by atoms with Crippen LogP contribution in [0.25, 0.3) is 11.3 Å². The van der Waals surface area contributed by atoms with E-state index in [1.165, 1.54) is 28.9 Å². The second-order valence-corrected chi connectivity index (χ2v) is 10.7. The van der Waals surface area contributed by atoms with Gasteiger partial charge in [0.25, 0.3) is 0 Å². The van der Waals surface area contributed by atoms with Gasteiger partial charge in [0.15, 0.2) is 0 Å². The van der Waals surface area contributed by atoms with Crippen molar-refractivity contribution in [2.75, 3.05) is 18.0 Å². The Kier molecular flexibility index (Phi) is 6.02. The molecule has 4 aromatic rings. The second-order valence-electron chi connectivity index (χ2n) is 10.7. The first-order valence-corrected chi connectivity index (χ1v) is 13.2. The highest BCUT2D eigenvalue weighted by Crippen LogP contribution is 2.45. The van der Waals surface area contributed by atoms with Gasteiger partial charge in [-0.05, 0) is 68.9 Å². The molecule has 0 amide bonds. The molecule has 2 aliphatic rings. The normalized spacial score (nSPS) is 15.0. The minimum Gasteiger partial charge on any atom is -0.371 e. The van der Waals surface area contributed by atoms with Crippen LogP contribution >= 0.6 is 0 Å². The van der Waals surface area contributed by atoms with Gasteiger partial charge in [-0.3, -0.25) is 9.97 Å². The van der Waals surface area contributed by atoms with Crippen LogP contribution in [0.2, 0.25) is 0 Å². The van der Waals surface area contributed by atoms with E-state index in [2.05, 4.69) is 43.0 Å². The Morgan fingerprint density at radius 3 is 2.35 bits per heavy atom. The fourth-order valence-electron chi connectivity index (χ4n) is 6.00. The first kappa shape index (κ1) is 23.8. The Morgan fingerprint density at radius 1 is 0.838 bits per heavy atom. The molecule has 0 radical (unpaired) electrons. The van der Waals surface area contributed by atoms with Crippen molar-refractivity contribution < 1.29 is 8.78 Å². The average Bonchev–Trinajstić information content (AvgIpc) is 2.91. The zero-order valence-corrected chi connectivity index (χ0v) is 21.4. The number of hydrogen-bond donors (Lipinski definition) is 0. The van der Waals surface area contributed by atoms with Gasteiger partial charge in [0.2, 0.25) is 0 Å². The van der Waals surface area contributed by atoms with E-state index in [1.54, 1.807) is 0 Å². The average molecular weight is 496 g/mol. The summed E-state index contributed by atoms with van der Waals surface area (Å²) in [6.45, 7) is 6.57. The largest absolute Gasteiger partial charge is 0.371 e. The van der Waals surface area contributed by atoms with E-state index < -0.39 is 17.0 Å². The number of halogens is 2. The molecule has 5 heteroatoms. The third kappa shape index (κ3) is 4.30. The molecule has 2 aromatic heterocycles. The maximum Gasteiger partial charge on any atom is 0.129 e. The van der Waals surface area contributed by atoms with Crippen molar-refractivity contribution in [2.45, 2.75) is 51.4 Å². The highest BCUT2D eigenvalue weighted by Gasteiger charge is 2.36. The molecule has 0 unspecified atom stereocenters. The van der Waals surface area contributed by atoms with E-state index >= 15 is 0 Å². The molecule has 0 atom stereocenters. The van der Waals surface area contributed by atoms with E-state index in [9.17, 15) is 8.78 Å². The van der Waals surface area contributed by atoms with Gasteiger partial charge in [-0.25, -0.2) is 8.78 Å². The molecule has 37 heavy (non-hydrogen) atoms. The van der Waals surface area contributed by atoms with Crippen LogP contribution in [-0.2, 0) is 24.7 Å². The Balaban J connectivity index is 1.47. The molecule has 0 spiro atoms. The van der Waals surface area contributed by atoms with Gasteiger partial charge < -0.3 is 4.90 Å². The van der Waals surface area contributed by atoms with Crippen molar-refractivity contribution in [3.05, 3.63) is 112 Å². The minimum absolute atomic E-state index is 0.309. The molecule has 2 aromatic carbocycles. The number of rotatable bonds is 5. The molecule has 0 saturated carbocycles. The smallest absolute Gasteiger partial charge is 0.129 e. The SMILES string of the molecule is CC(C)(c1cccc(Cc2ccc(F)cc2F)n1)c1nc(-c2ccccc2)c2c3c1CCCN3CCC2. The number of pyridine rings is 2. The monoisotopic (exact) mass is 495 g/mol. The summed E-state index contributed by atoms with van der Waals surface area (Å²) in [4.78, 5) is 13.0. The minimum atomic E-state index is -0.570. The van der Waals surface area contributed by atoms with E-state index in [1.807, 2.05) is 24.3 Å². The lowest BCUT2D eigenvalue weighted by molar-refractivity contribution is 0.561. The topological polar surface area (TPSA) is 29.0 Å². The summed E-state index contributed by atoms with van der Waals surface area (Å²) in [7, 11) is 0. The van der Waals surface area contributed by atoms with Crippen molar-refractivity contribution >= 4 is 5.69 Å². The molecule has 6 rings (SSSR count). The molecule has 2 aliphatic heterocycles. The molecular formula is C32H31F2N3. The number of hydrogen-bond acceptors (Lipinski definition) is 3. The highest BCUT2D eigenvalue weighted by atomic mass is 19.1.